The van der Waals surface area contributed by atoms with Crippen molar-refractivity contribution in [1.82, 2.24) is 0 Å². The molecule has 3 nitrogen and oxygen atoms in total. The molecule has 1 amide bonds. The Morgan fingerprint density at radius 2 is 1.59 bits per heavy atom. The number of nitrogen functional groups attached to an aromatic ring is 1. The standard InChI is InChI=1S/C13H11FN2O/c14-10-3-7-12(8-4-10)16-13(17)9-1-5-11(15)6-2-9/h1-8H,15H2,(H,16,17). The maximum Gasteiger partial charge on any atom is 0.255 e. The van der Waals surface area contributed by atoms with Crippen LogP contribution in [0.4, 0.5) is 15.8 Å². The molecule has 0 saturated heterocycles. The Morgan fingerprint density at radius 1 is 1.00 bits per heavy atom. The second kappa shape index (κ2) is 4.65. The van der Waals surface area contributed by atoms with Crippen LogP contribution in [-0.2, 0) is 0 Å². The SMILES string of the molecule is Nc1ccc(C(=O)Nc2ccc(F)cc2)cc1. The topological polar surface area (TPSA) is 55.1 Å². The average Bonchev–Trinajstić information content (AvgIpc) is 2.33. The van der Waals surface area contributed by atoms with Gasteiger partial charge in [-0.05, 0) is 48.5 Å². The summed E-state index contributed by atoms with van der Waals surface area (Å²) in [7, 11) is 0. The second-order valence-corrected chi connectivity index (χ2v) is 3.58. The summed E-state index contributed by atoms with van der Waals surface area (Å²) in [5, 5.41) is 2.66. The van der Waals surface area contributed by atoms with Crippen LogP contribution in [0.15, 0.2) is 48.5 Å². The van der Waals surface area contributed by atoms with E-state index in [0.29, 0.717) is 16.9 Å². The molecule has 2 rings (SSSR count). The highest BCUT2D eigenvalue weighted by Crippen LogP contribution is 2.11. The fourth-order valence-corrected chi connectivity index (χ4v) is 1.37. The molecular weight excluding hydrogens is 219 g/mol. The van der Waals surface area contributed by atoms with E-state index in [1.807, 2.05) is 0 Å². The molecule has 0 heterocycles. The number of rotatable bonds is 2. The summed E-state index contributed by atoms with van der Waals surface area (Å²) >= 11 is 0. The van der Waals surface area contributed by atoms with Crippen molar-refractivity contribution < 1.29 is 9.18 Å². The van der Waals surface area contributed by atoms with E-state index in [4.69, 9.17) is 5.73 Å². The van der Waals surface area contributed by atoms with Crippen molar-refractivity contribution in [3.8, 4) is 0 Å². The molecule has 2 aromatic carbocycles. The summed E-state index contributed by atoms with van der Waals surface area (Å²) in [6, 6.07) is 12.2. The lowest BCUT2D eigenvalue weighted by molar-refractivity contribution is 0.102. The van der Waals surface area contributed by atoms with Crippen LogP contribution in [0.25, 0.3) is 0 Å². The minimum atomic E-state index is -0.338. The van der Waals surface area contributed by atoms with Crippen molar-refractivity contribution in [3.05, 3.63) is 59.9 Å². The Morgan fingerprint density at radius 3 is 2.18 bits per heavy atom. The Hall–Kier alpha value is -2.36. The number of carbonyl (C=O) groups is 1. The third-order valence-corrected chi connectivity index (χ3v) is 2.27. The molecular formula is C13H11FN2O. The van der Waals surface area contributed by atoms with Gasteiger partial charge in [-0.1, -0.05) is 0 Å². The molecule has 0 aliphatic carbocycles. The van der Waals surface area contributed by atoms with Crippen molar-refractivity contribution in [1.29, 1.82) is 0 Å². The Kier molecular flexibility index (Phi) is 3.05. The van der Waals surface area contributed by atoms with E-state index in [0.717, 1.165) is 0 Å². The number of amides is 1. The van der Waals surface area contributed by atoms with E-state index in [2.05, 4.69) is 5.32 Å². The van der Waals surface area contributed by atoms with E-state index >= 15 is 0 Å². The van der Waals surface area contributed by atoms with Crippen molar-refractivity contribution in [3.63, 3.8) is 0 Å². The zero-order chi connectivity index (χ0) is 12.3. The molecule has 0 unspecified atom stereocenters. The number of carbonyl (C=O) groups excluding carboxylic acids is 1. The van der Waals surface area contributed by atoms with Crippen molar-refractivity contribution in [2.75, 3.05) is 11.1 Å². The summed E-state index contributed by atoms with van der Waals surface area (Å²) in [6.45, 7) is 0. The first-order valence-electron chi connectivity index (χ1n) is 5.07. The van der Waals surface area contributed by atoms with Gasteiger partial charge in [-0.15, -0.1) is 0 Å². The van der Waals surface area contributed by atoms with Crippen LogP contribution >= 0.6 is 0 Å². The van der Waals surface area contributed by atoms with E-state index in [9.17, 15) is 9.18 Å². The first-order chi connectivity index (χ1) is 8.15. The summed E-state index contributed by atoms with van der Waals surface area (Å²) in [6.07, 6.45) is 0. The molecule has 0 saturated carbocycles. The van der Waals surface area contributed by atoms with Crippen molar-refractivity contribution in [2.45, 2.75) is 0 Å². The van der Waals surface area contributed by atoms with E-state index in [1.54, 1.807) is 24.3 Å². The molecule has 3 N–H and O–H groups in total. The predicted octanol–water partition coefficient (Wildman–Crippen LogP) is 2.66. The zero-order valence-electron chi connectivity index (χ0n) is 8.98. The Balaban J connectivity index is 2.11. The quantitative estimate of drug-likeness (QED) is 0.779. The third-order valence-electron chi connectivity index (χ3n) is 2.27. The maximum atomic E-state index is 12.7. The van der Waals surface area contributed by atoms with Crippen LogP contribution in [0.5, 0.6) is 0 Å². The predicted molar refractivity (Wildman–Crippen MR) is 65.2 cm³/mol. The van der Waals surface area contributed by atoms with Crippen LogP contribution < -0.4 is 11.1 Å². The monoisotopic (exact) mass is 230 g/mol. The molecule has 0 fully saturated rings. The zero-order valence-corrected chi connectivity index (χ0v) is 8.98. The summed E-state index contributed by atoms with van der Waals surface area (Å²) in [5.41, 5.74) is 7.18. The van der Waals surface area contributed by atoms with Gasteiger partial charge in [0.05, 0.1) is 0 Å². The average molecular weight is 230 g/mol. The fourth-order valence-electron chi connectivity index (χ4n) is 1.37. The smallest absolute Gasteiger partial charge is 0.255 e. The van der Waals surface area contributed by atoms with Gasteiger partial charge in [0.25, 0.3) is 5.91 Å². The second-order valence-electron chi connectivity index (χ2n) is 3.58. The molecule has 0 bridgehead atoms. The van der Waals surface area contributed by atoms with Crippen LogP contribution in [0, 0.1) is 5.82 Å². The number of hydrogen-bond donors (Lipinski definition) is 2. The number of anilines is 2. The molecule has 4 heteroatoms. The van der Waals surface area contributed by atoms with Crippen LogP contribution in [0.1, 0.15) is 10.4 Å². The van der Waals surface area contributed by atoms with Gasteiger partial charge in [0.1, 0.15) is 5.82 Å². The first kappa shape index (κ1) is 11.1. The highest BCUT2D eigenvalue weighted by molar-refractivity contribution is 6.04. The minimum Gasteiger partial charge on any atom is -0.399 e. The first-order valence-corrected chi connectivity index (χ1v) is 5.07. The molecule has 0 radical (unpaired) electrons. The maximum absolute atomic E-state index is 12.7. The largest absolute Gasteiger partial charge is 0.399 e. The fraction of sp³-hybridized carbons (Fsp3) is 0. The normalized spacial score (nSPS) is 9.94. The Bertz CT molecular complexity index is 520. The highest BCUT2D eigenvalue weighted by Gasteiger charge is 2.05. The Labute approximate surface area is 98.1 Å². The van der Waals surface area contributed by atoms with E-state index < -0.39 is 0 Å². The lowest BCUT2D eigenvalue weighted by Gasteiger charge is -2.05. The summed E-state index contributed by atoms with van der Waals surface area (Å²) in [4.78, 5) is 11.8. The van der Waals surface area contributed by atoms with Crippen LogP contribution in [-0.4, -0.2) is 5.91 Å². The van der Waals surface area contributed by atoms with E-state index in [1.165, 1.54) is 24.3 Å². The van der Waals surface area contributed by atoms with Crippen LogP contribution in [0.2, 0.25) is 0 Å². The van der Waals surface area contributed by atoms with E-state index in [-0.39, 0.29) is 11.7 Å². The molecule has 17 heavy (non-hydrogen) atoms. The number of nitrogens with two attached hydrogens (primary N) is 1. The highest BCUT2D eigenvalue weighted by atomic mass is 19.1. The molecule has 0 spiro atoms. The molecule has 0 aliphatic rings. The van der Waals surface area contributed by atoms with Gasteiger partial charge in [0, 0.05) is 16.9 Å². The van der Waals surface area contributed by atoms with Gasteiger partial charge in [0.15, 0.2) is 0 Å². The van der Waals surface area contributed by atoms with Crippen molar-refractivity contribution in [2.24, 2.45) is 0 Å². The summed E-state index contributed by atoms with van der Waals surface area (Å²) in [5.74, 6) is -0.591. The van der Waals surface area contributed by atoms with Gasteiger partial charge < -0.3 is 11.1 Å². The minimum absolute atomic E-state index is 0.253. The molecule has 0 aromatic heterocycles. The lowest BCUT2D eigenvalue weighted by atomic mass is 10.2. The molecule has 0 aliphatic heterocycles. The summed E-state index contributed by atoms with van der Waals surface area (Å²) < 4.78 is 12.7. The molecule has 2 aromatic rings. The van der Waals surface area contributed by atoms with Gasteiger partial charge in [-0.3, -0.25) is 4.79 Å². The molecule has 86 valence electrons. The number of halogens is 1. The number of benzene rings is 2. The van der Waals surface area contributed by atoms with Gasteiger partial charge >= 0.3 is 0 Å². The van der Waals surface area contributed by atoms with Crippen LogP contribution in [0.3, 0.4) is 0 Å². The molecule has 0 atom stereocenters. The third kappa shape index (κ3) is 2.81. The van der Waals surface area contributed by atoms with Gasteiger partial charge in [-0.2, -0.15) is 0 Å². The number of hydrogen-bond acceptors (Lipinski definition) is 2. The van der Waals surface area contributed by atoms with Crippen molar-refractivity contribution >= 4 is 17.3 Å². The lowest BCUT2D eigenvalue weighted by Crippen LogP contribution is -2.11. The number of nitrogens with one attached hydrogen (secondary N) is 1. The van der Waals surface area contributed by atoms with Gasteiger partial charge in [-0.25, -0.2) is 4.39 Å². The van der Waals surface area contributed by atoms with Gasteiger partial charge in [0.2, 0.25) is 0 Å².